The number of rotatable bonds is 20. The number of benzene rings is 5. The first-order chi connectivity index (χ1) is 35.3. The number of phenolic OH excluding ortho intramolecular Hbond substituents is 2. The number of aliphatic hydroxyl groups excluding tert-OH is 1. The van der Waals surface area contributed by atoms with E-state index in [1.165, 1.54) is 11.1 Å². The summed E-state index contributed by atoms with van der Waals surface area (Å²) in [5.41, 5.74) is 10.1. The number of aromatic hydroxyl groups is 2. The molecule has 2 aliphatic carbocycles. The Bertz CT molecular complexity index is 3010. The van der Waals surface area contributed by atoms with Gasteiger partial charge in [0.2, 0.25) is 0 Å². The molecule has 0 aromatic heterocycles. The lowest BCUT2D eigenvalue weighted by Crippen LogP contribution is -2.56. The van der Waals surface area contributed by atoms with E-state index in [0.717, 1.165) is 72.0 Å². The summed E-state index contributed by atoms with van der Waals surface area (Å²) in [5.74, 6) is 2.38. The van der Waals surface area contributed by atoms with Crippen LogP contribution in [-0.2, 0) is 36.8 Å². The van der Waals surface area contributed by atoms with Gasteiger partial charge in [-0.2, -0.15) is 0 Å². The zero-order valence-corrected chi connectivity index (χ0v) is 43.2. The van der Waals surface area contributed by atoms with Crippen molar-refractivity contribution < 1.29 is 39.4 Å². The number of methoxy groups -OCH3 is 1. The van der Waals surface area contributed by atoms with Crippen molar-refractivity contribution in [2.75, 3.05) is 67.4 Å². The molecular formula is C60H73N5O8. The van der Waals surface area contributed by atoms with Crippen LogP contribution in [0.5, 0.6) is 28.7 Å². The lowest BCUT2D eigenvalue weighted by molar-refractivity contribution is -0.129. The van der Waals surface area contributed by atoms with E-state index >= 15 is 0 Å². The maximum Gasteiger partial charge on any atom is 0.161 e. The molecule has 8 N–H and O–H groups in total. The van der Waals surface area contributed by atoms with Crippen molar-refractivity contribution in [3.63, 3.8) is 0 Å². The summed E-state index contributed by atoms with van der Waals surface area (Å²) in [4.78, 5) is 4.72. The molecule has 0 spiro atoms. The Balaban J connectivity index is 1.16. The summed E-state index contributed by atoms with van der Waals surface area (Å²) in [6.45, 7) is 8.64. The molecule has 73 heavy (non-hydrogen) atoms. The van der Waals surface area contributed by atoms with Gasteiger partial charge in [-0.25, -0.2) is 0 Å². The first-order valence-electron chi connectivity index (χ1n) is 26.2. The van der Waals surface area contributed by atoms with E-state index < -0.39 is 23.4 Å². The molecule has 6 unspecified atom stereocenters. The Kier molecular flexibility index (Phi) is 14.8. The molecule has 6 atom stereocenters. The topological polar surface area (TPSA) is 178 Å². The van der Waals surface area contributed by atoms with E-state index in [4.69, 9.17) is 23.9 Å². The molecule has 5 aromatic rings. The normalized spacial score (nSPS) is 22.0. The third-order valence-corrected chi connectivity index (χ3v) is 15.7. The third kappa shape index (κ3) is 9.89. The van der Waals surface area contributed by atoms with Crippen LogP contribution in [0, 0.1) is 5.92 Å². The van der Waals surface area contributed by atoms with Crippen LogP contribution in [0.15, 0.2) is 83.4 Å². The summed E-state index contributed by atoms with van der Waals surface area (Å²) in [5, 5.41) is 61.5. The second-order valence-electron chi connectivity index (χ2n) is 21.5. The van der Waals surface area contributed by atoms with Crippen molar-refractivity contribution in [2.24, 2.45) is 10.9 Å². The van der Waals surface area contributed by atoms with E-state index in [-0.39, 0.29) is 36.7 Å². The maximum atomic E-state index is 11.8. The molecule has 5 aliphatic rings. The fourth-order valence-corrected chi connectivity index (χ4v) is 12.7. The first-order valence-corrected chi connectivity index (χ1v) is 26.2. The Morgan fingerprint density at radius 3 is 2.52 bits per heavy atom. The highest BCUT2D eigenvalue weighted by molar-refractivity contribution is 5.89. The van der Waals surface area contributed by atoms with Gasteiger partial charge in [0.1, 0.15) is 29.0 Å². The number of phenols is 2. The summed E-state index contributed by atoms with van der Waals surface area (Å²) < 4.78 is 27.8. The van der Waals surface area contributed by atoms with Crippen LogP contribution >= 0.6 is 0 Å². The van der Waals surface area contributed by atoms with E-state index in [1.54, 1.807) is 7.11 Å². The molecule has 0 fully saturated rings. The van der Waals surface area contributed by atoms with E-state index in [1.807, 2.05) is 57.4 Å². The predicted molar refractivity (Wildman–Crippen MR) is 285 cm³/mol. The first kappa shape index (κ1) is 50.7. The smallest absolute Gasteiger partial charge is 0.161 e. The van der Waals surface area contributed by atoms with Crippen molar-refractivity contribution in [1.29, 1.82) is 0 Å². The molecule has 386 valence electrons. The highest BCUT2D eigenvalue weighted by Crippen LogP contribution is 2.61. The number of fused-ring (bicyclic) bond motifs is 8. The Morgan fingerprint density at radius 2 is 1.75 bits per heavy atom. The van der Waals surface area contributed by atoms with Crippen molar-refractivity contribution in [3.8, 4) is 39.9 Å². The standard InChI is InChI=1S/C60H73N5O8/c1-35(2)27-59(3,69)31-63-33-64-32-60(71-34-62-5)28-48-45-26-47-52(38-14-18-49-37(22-38)20-21-65-49)41(29-61-4)24-46-50(67)19-17-43(53(46)47)54(45)57-44(16-15-42(30-66)72-57)56(48)73-58(60)40-23-39(55(68)51(25-40)70-6)13-12-36-10-8-7-9-11-36/h7-11,14,17-20,22-25,35,42,47,52,58,61-64,66-69H,12-13,15-16,21,26-34H2,1-6H3. The number of likely N-dealkylation sites (N-methyl/N-ethyl adjacent to an activating group) is 1. The van der Waals surface area contributed by atoms with Gasteiger partial charge in [-0.3, -0.25) is 10.3 Å². The van der Waals surface area contributed by atoms with Gasteiger partial charge in [0.05, 0.1) is 38.0 Å². The number of hydrogen-bond acceptors (Lipinski definition) is 13. The minimum absolute atomic E-state index is 0.0345. The van der Waals surface area contributed by atoms with E-state index in [9.17, 15) is 20.4 Å². The average Bonchev–Trinajstić information content (AvgIpc) is 3.86. The molecule has 0 radical (unpaired) electrons. The average molecular weight is 992 g/mol. The Morgan fingerprint density at radius 1 is 0.918 bits per heavy atom. The minimum Gasteiger partial charge on any atom is -0.507 e. The second-order valence-corrected chi connectivity index (χ2v) is 21.5. The highest BCUT2D eigenvalue weighted by atomic mass is 16.6. The Hall–Kier alpha value is -5.77. The fourth-order valence-electron chi connectivity index (χ4n) is 12.7. The van der Waals surface area contributed by atoms with Crippen LogP contribution in [0.2, 0.25) is 0 Å². The molecule has 10 rings (SSSR count). The van der Waals surface area contributed by atoms with E-state index in [2.05, 4.69) is 83.7 Å². The number of nitrogens with zero attached hydrogens (tertiary/aromatic N) is 1. The molecule has 5 aromatic carbocycles. The zero-order valence-electron chi connectivity index (χ0n) is 43.2. The number of aliphatic hydroxyl groups is 2. The number of hydrogen-bond donors (Lipinski definition) is 8. The van der Waals surface area contributed by atoms with Crippen LogP contribution in [0.3, 0.4) is 0 Å². The highest BCUT2D eigenvalue weighted by Gasteiger charge is 2.51. The lowest BCUT2D eigenvalue weighted by Gasteiger charge is -2.48. The van der Waals surface area contributed by atoms with Gasteiger partial charge in [-0.15, -0.1) is 0 Å². The van der Waals surface area contributed by atoms with Gasteiger partial charge >= 0.3 is 0 Å². The zero-order chi connectivity index (χ0) is 51.0. The molecule has 0 saturated carbocycles. The van der Waals surface area contributed by atoms with Crippen LogP contribution in [-0.4, -0.2) is 105 Å². The molecule has 13 heteroatoms. The molecule has 13 nitrogen and oxygen atoms in total. The second kappa shape index (κ2) is 21.2. The number of aryl methyl sites for hydroxylation is 2. The molecule has 0 amide bonds. The van der Waals surface area contributed by atoms with Crippen LogP contribution in [0.4, 0.5) is 0 Å². The quantitative estimate of drug-likeness (QED) is 0.0326. The fraction of sp³-hybridized carbons (Fsp3) is 0.450. The SMILES string of the molecule is CNCOC1(CNCNCC(C)(O)CC(C)C)Cc2c3c(c4c(c2OC1c1cc(CCc2ccccc2)c(O)c(OC)c1)CCC(CO)O4)-c1ccc(O)c2c1C(C3)C(c1ccc3c(c1)=CCN=3)C(CNC)=C2. The summed E-state index contributed by atoms with van der Waals surface area (Å²) in [6.07, 6.45) is 7.46. The molecule has 3 heterocycles. The summed E-state index contributed by atoms with van der Waals surface area (Å²) >= 11 is 0. The Labute approximate surface area is 429 Å². The third-order valence-electron chi connectivity index (χ3n) is 15.7. The van der Waals surface area contributed by atoms with Crippen molar-refractivity contribution in [3.05, 3.63) is 139 Å². The molecule has 0 bridgehead atoms. The molecular weight excluding hydrogens is 919 g/mol. The van der Waals surface area contributed by atoms with Gasteiger partial charge in [0.15, 0.2) is 17.6 Å². The van der Waals surface area contributed by atoms with E-state index in [0.29, 0.717) is 95.2 Å². The monoisotopic (exact) mass is 992 g/mol. The largest absolute Gasteiger partial charge is 0.507 e. The van der Waals surface area contributed by atoms with Gasteiger partial charge in [-0.1, -0.05) is 62.4 Å². The molecule has 0 saturated heterocycles. The van der Waals surface area contributed by atoms with Crippen molar-refractivity contribution in [2.45, 2.75) is 101 Å². The van der Waals surface area contributed by atoms with Gasteiger partial charge in [0, 0.05) is 60.9 Å². The van der Waals surface area contributed by atoms with Crippen molar-refractivity contribution in [1.82, 2.24) is 21.3 Å². The number of ether oxygens (including phenoxy) is 4. The van der Waals surface area contributed by atoms with Crippen LogP contribution < -0.4 is 46.1 Å². The van der Waals surface area contributed by atoms with Crippen LogP contribution in [0.1, 0.15) is 102 Å². The van der Waals surface area contributed by atoms with Crippen LogP contribution in [0.25, 0.3) is 23.3 Å². The summed E-state index contributed by atoms with van der Waals surface area (Å²) in [6, 6.07) is 24.7. The minimum atomic E-state index is -1.05. The lowest BCUT2D eigenvalue weighted by atomic mass is 9.62. The predicted octanol–water partition coefficient (Wildman–Crippen LogP) is 6.24. The summed E-state index contributed by atoms with van der Waals surface area (Å²) in [7, 11) is 5.42. The van der Waals surface area contributed by atoms with Gasteiger partial charge in [-0.05, 0) is 158 Å². The molecule has 3 aliphatic heterocycles. The van der Waals surface area contributed by atoms with Crippen molar-refractivity contribution >= 4 is 12.2 Å². The number of nitrogens with one attached hydrogen (secondary N) is 4. The maximum absolute atomic E-state index is 11.8. The van der Waals surface area contributed by atoms with Gasteiger partial charge < -0.3 is 55.3 Å². The van der Waals surface area contributed by atoms with Gasteiger partial charge in [0.25, 0.3) is 0 Å².